The molecule has 1 aromatic heterocycles. The zero-order chi connectivity index (χ0) is 17.6. The highest BCUT2D eigenvalue weighted by atomic mass is 32.2. The molecule has 1 amide bonds. The zero-order valence-electron chi connectivity index (χ0n) is 13.0. The van der Waals surface area contributed by atoms with Gasteiger partial charge in [-0.3, -0.25) is 14.1 Å². The molecule has 1 N–H and O–H groups in total. The number of carbonyl (C=O) groups is 1. The summed E-state index contributed by atoms with van der Waals surface area (Å²) in [5.41, 5.74) is 1.14. The number of hydrogen-bond acceptors (Lipinski definition) is 5. The molecule has 0 spiro atoms. The van der Waals surface area contributed by atoms with Crippen LogP contribution in [0.15, 0.2) is 48.8 Å². The molecule has 0 radical (unpaired) electrons. The van der Waals surface area contributed by atoms with Crippen LogP contribution in [0.1, 0.15) is 15.9 Å². The quantitative estimate of drug-likeness (QED) is 0.846. The first-order valence-electron chi connectivity index (χ1n) is 7.08. The van der Waals surface area contributed by atoms with E-state index in [1.54, 1.807) is 36.5 Å². The van der Waals surface area contributed by atoms with Gasteiger partial charge in [0.25, 0.3) is 5.91 Å². The molecule has 0 aliphatic carbocycles. The van der Waals surface area contributed by atoms with Crippen molar-refractivity contribution in [1.29, 1.82) is 5.26 Å². The second-order valence-corrected chi connectivity index (χ2v) is 6.90. The average molecular weight is 344 g/mol. The monoisotopic (exact) mass is 344 g/mol. The summed E-state index contributed by atoms with van der Waals surface area (Å²) < 4.78 is 25.1. The van der Waals surface area contributed by atoms with Gasteiger partial charge in [-0.1, -0.05) is 6.07 Å². The molecule has 1 aromatic carbocycles. The Morgan fingerprint density at radius 3 is 2.75 bits per heavy atom. The molecule has 0 aliphatic heterocycles. The molecule has 0 aliphatic rings. The van der Waals surface area contributed by atoms with E-state index in [0.29, 0.717) is 16.8 Å². The van der Waals surface area contributed by atoms with Crippen LogP contribution < -0.4 is 9.62 Å². The van der Waals surface area contributed by atoms with Crippen LogP contribution in [0.4, 0.5) is 5.69 Å². The number of pyridine rings is 1. The molecule has 1 heterocycles. The smallest absolute Gasteiger partial charge is 0.252 e. The van der Waals surface area contributed by atoms with Crippen molar-refractivity contribution in [2.24, 2.45) is 0 Å². The third-order valence-electron chi connectivity index (χ3n) is 3.19. The number of rotatable bonds is 6. The standard InChI is InChI=1S/C16H16N4O3S/c1-24(22,23)20(15-6-2-4-13(10-15)11-17)9-8-19-16(21)14-5-3-7-18-12-14/h2-7,10,12H,8-9H2,1H3,(H,19,21). The van der Waals surface area contributed by atoms with Gasteiger partial charge in [-0.15, -0.1) is 0 Å². The van der Waals surface area contributed by atoms with Crippen molar-refractivity contribution in [3.05, 3.63) is 59.9 Å². The van der Waals surface area contributed by atoms with Crippen molar-refractivity contribution in [2.45, 2.75) is 0 Å². The zero-order valence-corrected chi connectivity index (χ0v) is 13.8. The maximum atomic E-state index is 12.0. The Labute approximate surface area is 140 Å². The summed E-state index contributed by atoms with van der Waals surface area (Å²) in [6, 6.07) is 11.5. The Hall–Kier alpha value is -2.92. The molecule has 24 heavy (non-hydrogen) atoms. The van der Waals surface area contributed by atoms with Gasteiger partial charge in [0.2, 0.25) is 10.0 Å². The van der Waals surface area contributed by atoms with Crippen LogP contribution in [0.25, 0.3) is 0 Å². The minimum Gasteiger partial charge on any atom is -0.350 e. The average Bonchev–Trinajstić information content (AvgIpc) is 2.58. The highest BCUT2D eigenvalue weighted by molar-refractivity contribution is 7.92. The molecule has 7 nitrogen and oxygen atoms in total. The van der Waals surface area contributed by atoms with Crippen LogP contribution in [-0.2, 0) is 10.0 Å². The van der Waals surface area contributed by atoms with E-state index in [1.165, 1.54) is 12.3 Å². The summed E-state index contributed by atoms with van der Waals surface area (Å²) in [7, 11) is -3.55. The van der Waals surface area contributed by atoms with Crippen molar-refractivity contribution in [3.63, 3.8) is 0 Å². The fourth-order valence-corrected chi connectivity index (χ4v) is 3.01. The lowest BCUT2D eigenvalue weighted by molar-refractivity contribution is 0.0954. The van der Waals surface area contributed by atoms with E-state index in [4.69, 9.17) is 5.26 Å². The van der Waals surface area contributed by atoms with Gasteiger partial charge in [-0.25, -0.2) is 8.42 Å². The molecular formula is C16H16N4O3S. The lowest BCUT2D eigenvalue weighted by Gasteiger charge is -2.22. The number of nitrogens with one attached hydrogen (secondary N) is 1. The number of sulfonamides is 1. The molecule has 0 fully saturated rings. The normalized spacial score (nSPS) is 10.7. The Balaban J connectivity index is 2.08. The SMILES string of the molecule is CS(=O)(=O)N(CCNC(=O)c1cccnc1)c1cccc(C#N)c1. The van der Waals surface area contributed by atoms with E-state index in [9.17, 15) is 13.2 Å². The molecule has 124 valence electrons. The highest BCUT2D eigenvalue weighted by Crippen LogP contribution is 2.18. The molecule has 0 saturated carbocycles. The maximum Gasteiger partial charge on any atom is 0.252 e. The van der Waals surface area contributed by atoms with Crippen LogP contribution in [0.2, 0.25) is 0 Å². The Kier molecular flexibility index (Phi) is 5.50. The molecule has 8 heteroatoms. The summed E-state index contributed by atoms with van der Waals surface area (Å²) in [6.45, 7) is 0.178. The first-order chi connectivity index (χ1) is 11.4. The van der Waals surface area contributed by atoms with Crippen LogP contribution >= 0.6 is 0 Å². The fraction of sp³-hybridized carbons (Fsp3) is 0.188. The summed E-state index contributed by atoms with van der Waals surface area (Å²) in [4.78, 5) is 15.8. The number of aromatic nitrogens is 1. The van der Waals surface area contributed by atoms with Crippen molar-refractivity contribution in [1.82, 2.24) is 10.3 Å². The number of nitrogens with zero attached hydrogens (tertiary/aromatic N) is 3. The van der Waals surface area contributed by atoms with E-state index in [1.807, 2.05) is 6.07 Å². The van der Waals surface area contributed by atoms with Crippen molar-refractivity contribution in [2.75, 3.05) is 23.7 Å². The largest absolute Gasteiger partial charge is 0.350 e. The van der Waals surface area contributed by atoms with Gasteiger partial charge in [-0.2, -0.15) is 5.26 Å². The minimum atomic E-state index is -3.55. The Morgan fingerprint density at radius 1 is 1.33 bits per heavy atom. The van der Waals surface area contributed by atoms with Crippen molar-refractivity contribution < 1.29 is 13.2 Å². The summed E-state index contributed by atoms with van der Waals surface area (Å²) in [5.74, 6) is -0.331. The first-order valence-corrected chi connectivity index (χ1v) is 8.93. The van der Waals surface area contributed by atoms with Crippen molar-refractivity contribution >= 4 is 21.6 Å². The number of carbonyl (C=O) groups excluding carboxylic acids is 1. The van der Waals surface area contributed by atoms with E-state index < -0.39 is 10.0 Å². The van der Waals surface area contributed by atoms with E-state index in [0.717, 1.165) is 10.6 Å². The van der Waals surface area contributed by atoms with E-state index >= 15 is 0 Å². The van der Waals surface area contributed by atoms with Gasteiger partial charge >= 0.3 is 0 Å². The minimum absolute atomic E-state index is 0.0553. The molecule has 0 bridgehead atoms. The molecule has 2 rings (SSSR count). The van der Waals surface area contributed by atoms with Crippen LogP contribution in [0.5, 0.6) is 0 Å². The summed E-state index contributed by atoms with van der Waals surface area (Å²) in [5, 5.41) is 11.6. The first kappa shape index (κ1) is 17.4. The van der Waals surface area contributed by atoms with Gasteiger partial charge in [-0.05, 0) is 30.3 Å². The number of benzene rings is 1. The van der Waals surface area contributed by atoms with Gasteiger partial charge < -0.3 is 5.32 Å². The number of anilines is 1. The number of amides is 1. The lowest BCUT2D eigenvalue weighted by atomic mass is 10.2. The van der Waals surface area contributed by atoms with Gasteiger partial charge in [0.05, 0.1) is 35.7 Å². The van der Waals surface area contributed by atoms with Crippen LogP contribution in [0.3, 0.4) is 0 Å². The Morgan fingerprint density at radius 2 is 2.12 bits per heavy atom. The lowest BCUT2D eigenvalue weighted by Crippen LogP contribution is -2.38. The van der Waals surface area contributed by atoms with Gasteiger partial charge in [0.15, 0.2) is 0 Å². The van der Waals surface area contributed by atoms with Gasteiger partial charge in [0.1, 0.15) is 0 Å². The molecule has 0 unspecified atom stereocenters. The van der Waals surface area contributed by atoms with Crippen molar-refractivity contribution in [3.8, 4) is 6.07 Å². The topological polar surface area (TPSA) is 103 Å². The third-order valence-corrected chi connectivity index (χ3v) is 4.38. The van der Waals surface area contributed by atoms with Crippen LogP contribution in [0, 0.1) is 11.3 Å². The van der Waals surface area contributed by atoms with Crippen LogP contribution in [-0.4, -0.2) is 38.7 Å². The maximum absolute atomic E-state index is 12.0. The van der Waals surface area contributed by atoms with E-state index in [-0.39, 0.29) is 19.0 Å². The fourth-order valence-electron chi connectivity index (χ4n) is 2.09. The molecule has 2 aromatic rings. The summed E-state index contributed by atoms with van der Waals surface area (Å²) in [6.07, 6.45) is 4.07. The highest BCUT2D eigenvalue weighted by Gasteiger charge is 2.18. The van der Waals surface area contributed by atoms with Gasteiger partial charge in [0, 0.05) is 18.9 Å². The molecule has 0 atom stereocenters. The van der Waals surface area contributed by atoms with E-state index in [2.05, 4.69) is 10.3 Å². The predicted molar refractivity (Wildman–Crippen MR) is 89.9 cm³/mol. The number of nitriles is 1. The Bertz CT molecular complexity index is 860. The third kappa shape index (κ3) is 4.54. The number of hydrogen-bond donors (Lipinski definition) is 1. The summed E-state index contributed by atoms with van der Waals surface area (Å²) >= 11 is 0. The second kappa shape index (κ2) is 7.57. The molecule has 0 saturated heterocycles. The predicted octanol–water partition coefficient (Wildman–Crippen LogP) is 1.15. The second-order valence-electron chi connectivity index (χ2n) is 4.99. The molecular weight excluding hydrogens is 328 g/mol.